The molecule has 1 aliphatic heterocycles. The van der Waals surface area contributed by atoms with Crippen LogP contribution in [0.25, 0.3) is 0 Å². The summed E-state index contributed by atoms with van der Waals surface area (Å²) in [6.07, 6.45) is 7.89. The monoisotopic (exact) mass is 364 g/mol. The lowest BCUT2D eigenvalue weighted by Crippen LogP contribution is -2.22. The van der Waals surface area contributed by atoms with Crippen LogP contribution in [0.2, 0.25) is 0 Å². The molecular weight excluding hydrogens is 340 g/mol. The van der Waals surface area contributed by atoms with Crippen molar-refractivity contribution in [2.45, 2.75) is 26.9 Å². The molecule has 1 aromatic heterocycles. The fraction of sp³-hybridized carbons (Fsp3) is 0.286. The summed E-state index contributed by atoms with van der Waals surface area (Å²) >= 11 is 0. The number of aromatic nitrogens is 3. The molecule has 2 heterocycles. The Hall–Kier alpha value is -3.15. The van der Waals surface area contributed by atoms with Crippen molar-refractivity contribution in [1.82, 2.24) is 19.9 Å². The minimum atomic E-state index is -0.447. The van der Waals surface area contributed by atoms with Crippen molar-refractivity contribution in [2.24, 2.45) is 0 Å². The van der Waals surface area contributed by atoms with Crippen molar-refractivity contribution < 1.29 is 9.53 Å². The van der Waals surface area contributed by atoms with E-state index in [2.05, 4.69) is 64.4 Å². The van der Waals surface area contributed by atoms with Gasteiger partial charge >= 0.3 is 5.97 Å². The van der Waals surface area contributed by atoms with Gasteiger partial charge in [0.15, 0.2) is 5.69 Å². The molecule has 0 saturated carbocycles. The molecule has 2 aromatic rings. The normalized spacial score (nSPS) is 13.4. The van der Waals surface area contributed by atoms with Gasteiger partial charge in [0.25, 0.3) is 0 Å². The van der Waals surface area contributed by atoms with Crippen molar-refractivity contribution in [2.75, 3.05) is 13.2 Å². The fourth-order valence-electron chi connectivity index (χ4n) is 2.84. The van der Waals surface area contributed by atoms with Crippen molar-refractivity contribution >= 4 is 5.97 Å². The van der Waals surface area contributed by atoms with Crippen molar-refractivity contribution in [3.8, 4) is 0 Å². The molecule has 1 aliphatic rings. The van der Waals surface area contributed by atoms with Crippen LogP contribution in [-0.2, 0) is 17.8 Å². The molecule has 0 N–H and O–H groups in total. The predicted octanol–water partition coefficient (Wildman–Crippen LogP) is 3.33. The molecule has 0 unspecified atom stereocenters. The molecule has 0 aliphatic carbocycles. The van der Waals surface area contributed by atoms with Crippen LogP contribution in [0.3, 0.4) is 0 Å². The minimum Gasteiger partial charge on any atom is -0.461 e. The van der Waals surface area contributed by atoms with Crippen molar-refractivity contribution in [3.05, 3.63) is 83.4 Å². The van der Waals surface area contributed by atoms with Gasteiger partial charge in [-0.3, -0.25) is 0 Å². The van der Waals surface area contributed by atoms with Crippen LogP contribution < -0.4 is 0 Å². The van der Waals surface area contributed by atoms with E-state index >= 15 is 0 Å². The lowest BCUT2D eigenvalue weighted by molar-refractivity contribution is 0.0519. The largest absolute Gasteiger partial charge is 0.461 e. The second kappa shape index (κ2) is 8.49. The first-order valence-electron chi connectivity index (χ1n) is 8.97. The maximum absolute atomic E-state index is 11.7. The average molecular weight is 364 g/mol. The van der Waals surface area contributed by atoms with Gasteiger partial charge in [0.1, 0.15) is 0 Å². The summed E-state index contributed by atoms with van der Waals surface area (Å²) in [5.41, 5.74) is 4.92. The molecule has 0 fully saturated rings. The zero-order chi connectivity index (χ0) is 19.2. The number of ether oxygens (including phenoxy) is 1. The summed E-state index contributed by atoms with van der Waals surface area (Å²) in [7, 11) is 0. The average Bonchev–Trinajstić information content (AvgIpc) is 3.12. The number of allylic oxidation sites excluding steroid dienone is 2. The number of carbonyl (C=O) groups excluding carboxylic acids is 1. The van der Waals surface area contributed by atoms with E-state index in [1.165, 1.54) is 11.1 Å². The first-order chi connectivity index (χ1) is 13.0. The van der Waals surface area contributed by atoms with Gasteiger partial charge in [0, 0.05) is 13.1 Å². The topological polar surface area (TPSA) is 60.2 Å². The van der Waals surface area contributed by atoms with Crippen LogP contribution in [0.4, 0.5) is 0 Å². The zero-order valence-corrected chi connectivity index (χ0v) is 15.8. The van der Waals surface area contributed by atoms with E-state index in [1.54, 1.807) is 17.8 Å². The molecule has 0 amide bonds. The van der Waals surface area contributed by atoms with E-state index in [-0.39, 0.29) is 5.69 Å². The van der Waals surface area contributed by atoms with Gasteiger partial charge in [-0.1, -0.05) is 47.7 Å². The van der Waals surface area contributed by atoms with Crippen molar-refractivity contribution in [1.29, 1.82) is 0 Å². The molecule has 3 rings (SSSR count). The molecule has 1 aromatic carbocycles. The Kier molecular flexibility index (Phi) is 5.86. The second-order valence-corrected chi connectivity index (χ2v) is 6.56. The highest BCUT2D eigenvalue weighted by atomic mass is 16.5. The first kappa shape index (κ1) is 18.6. The summed E-state index contributed by atoms with van der Waals surface area (Å²) in [4.78, 5) is 13.9. The molecule has 6 heteroatoms. The van der Waals surface area contributed by atoms with E-state index in [9.17, 15) is 4.79 Å². The van der Waals surface area contributed by atoms with Crippen LogP contribution in [-0.4, -0.2) is 39.0 Å². The standard InChI is InChI=1S/C21H24N4O2/c1-4-27-21(26)20-15-25(23-22-20)13-18-9-7-17(8-10-18)12-24-11-5-6-19(14-24)16(2)3/h5-11,15H,2,4,12-14H2,1,3H3. The zero-order valence-electron chi connectivity index (χ0n) is 15.8. The van der Waals surface area contributed by atoms with E-state index in [1.807, 2.05) is 6.92 Å². The number of carbonyl (C=O) groups is 1. The van der Waals surface area contributed by atoms with Gasteiger partial charge in [-0.25, -0.2) is 9.48 Å². The van der Waals surface area contributed by atoms with Gasteiger partial charge in [0.05, 0.1) is 19.3 Å². The Labute approximate surface area is 159 Å². The molecule has 0 saturated heterocycles. The maximum Gasteiger partial charge on any atom is 0.360 e. The summed E-state index contributed by atoms with van der Waals surface area (Å²) in [5.74, 6) is -0.447. The first-order valence-corrected chi connectivity index (χ1v) is 8.97. The highest BCUT2D eigenvalue weighted by Gasteiger charge is 2.12. The van der Waals surface area contributed by atoms with Crippen LogP contribution in [0.1, 0.15) is 35.5 Å². The molecule has 6 nitrogen and oxygen atoms in total. The third-order valence-electron chi connectivity index (χ3n) is 4.29. The third-order valence-corrected chi connectivity index (χ3v) is 4.29. The lowest BCUT2D eigenvalue weighted by Gasteiger charge is -2.25. The number of nitrogens with zero attached hydrogens (tertiary/aromatic N) is 4. The summed E-state index contributed by atoms with van der Waals surface area (Å²) in [5, 5.41) is 7.85. The van der Waals surface area contributed by atoms with Gasteiger partial charge in [-0.05, 0) is 42.8 Å². The minimum absolute atomic E-state index is 0.228. The highest BCUT2D eigenvalue weighted by Crippen LogP contribution is 2.17. The Balaban J connectivity index is 1.58. The van der Waals surface area contributed by atoms with Gasteiger partial charge in [-0.15, -0.1) is 5.10 Å². The molecule has 27 heavy (non-hydrogen) atoms. The van der Waals surface area contributed by atoms with Crippen LogP contribution in [0.15, 0.2) is 66.5 Å². The van der Waals surface area contributed by atoms with Gasteiger partial charge < -0.3 is 9.64 Å². The highest BCUT2D eigenvalue weighted by molar-refractivity contribution is 5.86. The molecule has 0 atom stereocenters. The number of rotatable bonds is 7. The number of benzene rings is 1. The molecule has 0 bridgehead atoms. The van der Waals surface area contributed by atoms with E-state index in [4.69, 9.17) is 4.74 Å². The van der Waals surface area contributed by atoms with Crippen LogP contribution in [0.5, 0.6) is 0 Å². The number of esters is 1. The van der Waals surface area contributed by atoms with E-state index in [0.29, 0.717) is 13.2 Å². The number of hydrogen-bond acceptors (Lipinski definition) is 5. The Bertz CT molecular complexity index is 878. The Morgan fingerprint density at radius 1 is 1.22 bits per heavy atom. The maximum atomic E-state index is 11.7. The van der Waals surface area contributed by atoms with E-state index < -0.39 is 5.97 Å². The number of hydrogen-bond donors (Lipinski definition) is 0. The smallest absolute Gasteiger partial charge is 0.360 e. The quantitative estimate of drug-likeness (QED) is 0.705. The molecule has 0 spiro atoms. The van der Waals surface area contributed by atoms with Crippen LogP contribution >= 0.6 is 0 Å². The summed E-state index contributed by atoms with van der Waals surface area (Å²) in [6.45, 7) is 10.4. The Morgan fingerprint density at radius 2 is 1.93 bits per heavy atom. The SMILES string of the molecule is C=C(C)C1=CC=CN(Cc2ccc(Cn3cc(C(=O)OCC)nn3)cc2)C1. The molecule has 0 radical (unpaired) electrons. The molecule has 140 valence electrons. The van der Waals surface area contributed by atoms with Crippen molar-refractivity contribution in [3.63, 3.8) is 0 Å². The third kappa shape index (κ3) is 4.94. The fourth-order valence-corrected chi connectivity index (χ4v) is 2.84. The Morgan fingerprint density at radius 3 is 2.59 bits per heavy atom. The van der Waals surface area contributed by atoms with Gasteiger partial charge in [-0.2, -0.15) is 0 Å². The van der Waals surface area contributed by atoms with Gasteiger partial charge in [0.2, 0.25) is 0 Å². The summed E-state index contributed by atoms with van der Waals surface area (Å²) in [6, 6.07) is 8.38. The summed E-state index contributed by atoms with van der Waals surface area (Å²) < 4.78 is 6.56. The predicted molar refractivity (Wildman–Crippen MR) is 104 cm³/mol. The van der Waals surface area contributed by atoms with E-state index in [0.717, 1.165) is 24.2 Å². The second-order valence-electron chi connectivity index (χ2n) is 6.56. The molecular formula is C21H24N4O2. The van der Waals surface area contributed by atoms with Crippen LogP contribution in [0, 0.1) is 0 Å². The lowest BCUT2D eigenvalue weighted by atomic mass is 10.1.